The summed E-state index contributed by atoms with van der Waals surface area (Å²) in [7, 11) is 0. The van der Waals surface area contributed by atoms with Gasteiger partial charge in [-0.05, 0) is 56.3 Å². The Morgan fingerprint density at radius 2 is 1.49 bits per heavy atom. The lowest BCUT2D eigenvalue weighted by Gasteiger charge is -2.30. The summed E-state index contributed by atoms with van der Waals surface area (Å²) >= 11 is 12.6. The molecule has 1 aromatic heterocycles. The molecule has 37 heavy (non-hydrogen) atoms. The van der Waals surface area contributed by atoms with Crippen LogP contribution < -0.4 is 16.0 Å². The van der Waals surface area contributed by atoms with Gasteiger partial charge in [-0.1, -0.05) is 59.1 Å². The second-order valence-corrected chi connectivity index (χ2v) is 9.56. The van der Waals surface area contributed by atoms with Gasteiger partial charge in [0.05, 0.1) is 11.8 Å². The lowest BCUT2D eigenvalue weighted by molar-refractivity contribution is -0.113. The molecule has 2 heterocycles. The molecule has 9 heteroatoms. The standard InChI is InChI=1S/C28H23Cl2N5O2/c1-16-7-11-19(12-8-16)33-27(36)22-15-31-35-25(21-5-3-4-6-23(21)30)24(17(2)32-26(22)35)28(37)34-20-13-9-18(29)10-14-20/h3-15,25,32H,1-2H3,(H,33,36)(H,34,37)/t25-/m1/s1. The molecule has 1 aliphatic rings. The van der Waals surface area contributed by atoms with Crippen molar-refractivity contribution < 1.29 is 9.59 Å². The van der Waals surface area contributed by atoms with E-state index in [0.717, 1.165) is 5.56 Å². The lowest BCUT2D eigenvalue weighted by Crippen LogP contribution is -2.32. The van der Waals surface area contributed by atoms with E-state index in [2.05, 4.69) is 21.0 Å². The number of rotatable bonds is 5. The van der Waals surface area contributed by atoms with E-state index < -0.39 is 6.04 Å². The number of allylic oxidation sites excluding steroid dienone is 1. The van der Waals surface area contributed by atoms with Crippen molar-refractivity contribution in [3.8, 4) is 0 Å². The number of anilines is 3. The Labute approximate surface area is 224 Å². The van der Waals surface area contributed by atoms with Crippen LogP contribution in [-0.2, 0) is 4.79 Å². The number of halogens is 2. The second-order valence-electron chi connectivity index (χ2n) is 8.72. The van der Waals surface area contributed by atoms with Crippen molar-refractivity contribution in [3.05, 3.63) is 117 Å². The maximum Gasteiger partial charge on any atom is 0.261 e. The summed E-state index contributed by atoms with van der Waals surface area (Å²) in [6.07, 6.45) is 1.49. The summed E-state index contributed by atoms with van der Waals surface area (Å²) in [4.78, 5) is 26.8. The van der Waals surface area contributed by atoms with E-state index in [1.807, 2.05) is 49.4 Å². The molecule has 5 rings (SSSR count). The highest BCUT2D eigenvalue weighted by Crippen LogP contribution is 2.40. The van der Waals surface area contributed by atoms with Crippen LogP contribution in [0.25, 0.3) is 0 Å². The van der Waals surface area contributed by atoms with E-state index in [-0.39, 0.29) is 11.8 Å². The smallest absolute Gasteiger partial charge is 0.261 e. The minimum absolute atomic E-state index is 0.322. The SMILES string of the molecule is CC1=C(C(=O)Nc2ccc(Cl)cc2)[C@@H](c2ccccc2Cl)n2ncc(C(=O)Nc3ccc(C)cc3)c2N1. The third-order valence-electron chi connectivity index (χ3n) is 6.12. The molecule has 0 spiro atoms. The van der Waals surface area contributed by atoms with Crippen molar-refractivity contribution in [3.63, 3.8) is 0 Å². The molecule has 0 radical (unpaired) electrons. The molecule has 1 aliphatic heterocycles. The predicted molar refractivity (Wildman–Crippen MR) is 147 cm³/mol. The highest BCUT2D eigenvalue weighted by molar-refractivity contribution is 6.31. The van der Waals surface area contributed by atoms with E-state index in [9.17, 15) is 9.59 Å². The van der Waals surface area contributed by atoms with E-state index >= 15 is 0 Å². The zero-order chi connectivity index (χ0) is 26.1. The van der Waals surface area contributed by atoms with Crippen LogP contribution in [0.5, 0.6) is 0 Å². The molecule has 0 saturated carbocycles. The largest absolute Gasteiger partial charge is 0.343 e. The molecular formula is C28H23Cl2N5O2. The Bertz CT molecular complexity index is 1530. The summed E-state index contributed by atoms with van der Waals surface area (Å²) in [6, 6.07) is 21.0. The first kappa shape index (κ1) is 24.6. The van der Waals surface area contributed by atoms with Crippen molar-refractivity contribution in [2.45, 2.75) is 19.9 Å². The van der Waals surface area contributed by atoms with E-state index in [0.29, 0.717) is 49.6 Å². The van der Waals surface area contributed by atoms with Gasteiger partial charge in [0.25, 0.3) is 11.8 Å². The number of hydrogen-bond acceptors (Lipinski definition) is 4. The molecule has 7 nitrogen and oxygen atoms in total. The van der Waals surface area contributed by atoms with Crippen molar-refractivity contribution in [2.75, 3.05) is 16.0 Å². The number of benzene rings is 3. The Hall–Kier alpha value is -4.07. The lowest BCUT2D eigenvalue weighted by atomic mass is 9.94. The number of fused-ring (bicyclic) bond motifs is 1. The van der Waals surface area contributed by atoms with Gasteiger partial charge in [0.2, 0.25) is 0 Å². The fourth-order valence-corrected chi connectivity index (χ4v) is 4.63. The van der Waals surface area contributed by atoms with E-state index in [1.165, 1.54) is 6.20 Å². The van der Waals surface area contributed by atoms with E-state index in [1.54, 1.807) is 41.9 Å². The molecule has 0 fully saturated rings. The third-order valence-corrected chi connectivity index (χ3v) is 6.72. The van der Waals surface area contributed by atoms with Gasteiger partial charge >= 0.3 is 0 Å². The van der Waals surface area contributed by atoms with Crippen LogP contribution in [0.15, 0.2) is 90.3 Å². The van der Waals surface area contributed by atoms with Gasteiger partial charge in [-0.25, -0.2) is 4.68 Å². The summed E-state index contributed by atoms with van der Waals surface area (Å²) < 4.78 is 1.62. The summed E-state index contributed by atoms with van der Waals surface area (Å²) in [5.41, 5.74) is 4.38. The Morgan fingerprint density at radius 1 is 0.865 bits per heavy atom. The number of aryl methyl sites for hydroxylation is 1. The van der Waals surface area contributed by atoms with Gasteiger partial charge in [0.15, 0.2) is 0 Å². The maximum absolute atomic E-state index is 13.6. The molecule has 0 aliphatic carbocycles. The van der Waals surface area contributed by atoms with Gasteiger partial charge in [0.1, 0.15) is 17.4 Å². The molecule has 0 bridgehead atoms. The Balaban J connectivity index is 1.54. The number of carbonyl (C=O) groups excluding carboxylic acids is 2. The van der Waals surface area contributed by atoms with Gasteiger partial charge < -0.3 is 16.0 Å². The van der Waals surface area contributed by atoms with Gasteiger partial charge in [0, 0.05) is 32.7 Å². The number of nitrogens with zero attached hydrogens (tertiary/aromatic N) is 2. The zero-order valence-electron chi connectivity index (χ0n) is 20.0. The van der Waals surface area contributed by atoms with Crippen LogP contribution in [0.2, 0.25) is 10.0 Å². The van der Waals surface area contributed by atoms with Crippen LogP contribution in [0, 0.1) is 6.92 Å². The number of aromatic nitrogens is 2. The van der Waals surface area contributed by atoms with Crippen LogP contribution in [0.4, 0.5) is 17.2 Å². The average molecular weight is 532 g/mol. The van der Waals surface area contributed by atoms with Crippen molar-refractivity contribution in [1.82, 2.24) is 9.78 Å². The van der Waals surface area contributed by atoms with E-state index in [4.69, 9.17) is 23.2 Å². The minimum atomic E-state index is -0.668. The minimum Gasteiger partial charge on any atom is -0.343 e. The predicted octanol–water partition coefficient (Wildman–Crippen LogP) is 6.68. The fourth-order valence-electron chi connectivity index (χ4n) is 4.27. The third kappa shape index (κ3) is 4.96. The number of carbonyl (C=O) groups is 2. The molecule has 3 N–H and O–H groups in total. The molecule has 186 valence electrons. The first-order valence-corrected chi connectivity index (χ1v) is 12.3. The summed E-state index contributed by atoms with van der Waals surface area (Å²) in [6.45, 7) is 3.77. The molecule has 1 atom stereocenters. The molecule has 2 amide bonds. The average Bonchev–Trinajstić information content (AvgIpc) is 3.30. The van der Waals surface area contributed by atoms with Crippen LogP contribution in [0.3, 0.4) is 0 Å². The van der Waals surface area contributed by atoms with Gasteiger partial charge in [-0.3, -0.25) is 9.59 Å². The monoisotopic (exact) mass is 531 g/mol. The highest BCUT2D eigenvalue weighted by atomic mass is 35.5. The summed E-state index contributed by atoms with van der Waals surface area (Å²) in [5.74, 6) is -0.184. The molecular weight excluding hydrogens is 509 g/mol. The Kier molecular flexibility index (Phi) is 6.74. The Morgan fingerprint density at radius 3 is 2.16 bits per heavy atom. The highest BCUT2D eigenvalue weighted by Gasteiger charge is 2.36. The molecule has 0 saturated heterocycles. The van der Waals surface area contributed by atoms with Gasteiger partial charge in [-0.15, -0.1) is 0 Å². The van der Waals surface area contributed by atoms with Crippen LogP contribution in [-0.4, -0.2) is 21.6 Å². The number of nitrogens with one attached hydrogen (secondary N) is 3. The van der Waals surface area contributed by atoms with Gasteiger partial charge in [-0.2, -0.15) is 5.10 Å². The first-order valence-electron chi connectivity index (χ1n) is 11.6. The zero-order valence-corrected chi connectivity index (χ0v) is 21.6. The fraction of sp³-hybridized carbons (Fsp3) is 0.107. The summed E-state index contributed by atoms with van der Waals surface area (Å²) in [5, 5.41) is 14.6. The van der Waals surface area contributed by atoms with Crippen LogP contribution >= 0.6 is 23.2 Å². The van der Waals surface area contributed by atoms with Crippen LogP contribution in [0.1, 0.15) is 34.5 Å². The van der Waals surface area contributed by atoms with Crippen molar-refractivity contribution in [1.29, 1.82) is 0 Å². The topological polar surface area (TPSA) is 88.0 Å². The van der Waals surface area contributed by atoms with Crippen molar-refractivity contribution >= 4 is 52.2 Å². The maximum atomic E-state index is 13.6. The number of amides is 2. The molecule has 0 unspecified atom stereocenters. The second kappa shape index (κ2) is 10.1. The number of hydrogen-bond donors (Lipinski definition) is 3. The normalized spacial score (nSPS) is 14.5. The molecule has 4 aromatic rings. The first-order chi connectivity index (χ1) is 17.8. The van der Waals surface area contributed by atoms with Crippen molar-refractivity contribution in [2.24, 2.45) is 0 Å². The quantitative estimate of drug-likeness (QED) is 0.268. The molecule has 3 aromatic carbocycles.